The van der Waals surface area contributed by atoms with Gasteiger partial charge in [-0.05, 0) is 30.7 Å². The number of sulfonamides is 1. The molecule has 0 aliphatic rings. The molecule has 1 heterocycles. The summed E-state index contributed by atoms with van der Waals surface area (Å²) >= 11 is 3.16. The van der Waals surface area contributed by atoms with Crippen molar-refractivity contribution in [3.8, 4) is 0 Å². The van der Waals surface area contributed by atoms with Gasteiger partial charge >= 0.3 is 0 Å². The highest BCUT2D eigenvalue weighted by Gasteiger charge is 2.22. The topological polar surface area (TPSA) is 85.1 Å². The van der Waals surface area contributed by atoms with Crippen molar-refractivity contribution in [2.24, 2.45) is 5.73 Å². The van der Waals surface area contributed by atoms with E-state index in [4.69, 9.17) is 5.73 Å². The number of hydrogen-bond acceptors (Lipinski definition) is 4. The lowest BCUT2D eigenvalue weighted by Gasteiger charge is -2.12. The quantitative estimate of drug-likeness (QED) is 0.862. The summed E-state index contributed by atoms with van der Waals surface area (Å²) in [5.41, 5.74) is 6.53. The van der Waals surface area contributed by atoms with E-state index in [9.17, 15) is 12.8 Å². The molecule has 3 N–H and O–H groups in total. The second-order valence-corrected chi connectivity index (χ2v) is 6.94. The fourth-order valence-electron chi connectivity index (χ4n) is 1.75. The number of rotatable bonds is 4. The maximum atomic E-state index is 14.2. The highest BCUT2D eigenvalue weighted by molar-refractivity contribution is 9.10. The second kappa shape index (κ2) is 6.08. The summed E-state index contributed by atoms with van der Waals surface area (Å²) in [7, 11) is -4.06. The van der Waals surface area contributed by atoms with Crippen LogP contribution in [0.1, 0.15) is 11.1 Å². The van der Waals surface area contributed by atoms with Crippen molar-refractivity contribution in [2.45, 2.75) is 18.4 Å². The molecule has 8 heteroatoms. The summed E-state index contributed by atoms with van der Waals surface area (Å²) in [4.78, 5) is 3.42. The number of aromatic nitrogens is 1. The smallest absolute Gasteiger partial charge is 0.264 e. The maximum absolute atomic E-state index is 14.2. The Balaban J connectivity index is 2.50. The molecule has 21 heavy (non-hydrogen) atoms. The zero-order valence-electron chi connectivity index (χ0n) is 11.1. The summed E-state index contributed by atoms with van der Waals surface area (Å²) in [6, 6.07) is 4.16. The average Bonchev–Trinajstić information content (AvgIpc) is 2.43. The molecule has 0 saturated carbocycles. The van der Waals surface area contributed by atoms with Crippen molar-refractivity contribution < 1.29 is 12.8 Å². The van der Waals surface area contributed by atoms with Crippen LogP contribution in [-0.2, 0) is 16.6 Å². The molecular formula is C13H13BrFN3O2S. The van der Waals surface area contributed by atoms with E-state index in [1.165, 1.54) is 30.6 Å². The summed E-state index contributed by atoms with van der Waals surface area (Å²) in [5, 5.41) is 0. The van der Waals surface area contributed by atoms with E-state index in [1.807, 2.05) is 0 Å². The second-order valence-electron chi connectivity index (χ2n) is 4.38. The Hall–Kier alpha value is -1.51. The number of aryl methyl sites for hydroxylation is 1. The summed E-state index contributed by atoms with van der Waals surface area (Å²) in [6.45, 7) is 1.61. The molecule has 2 aromatic rings. The molecule has 0 aliphatic heterocycles. The van der Waals surface area contributed by atoms with Gasteiger partial charge in [-0.15, -0.1) is 0 Å². The molecule has 0 spiro atoms. The molecule has 0 bridgehead atoms. The van der Waals surface area contributed by atoms with Crippen LogP contribution in [-0.4, -0.2) is 13.4 Å². The van der Waals surface area contributed by atoms with E-state index in [1.54, 1.807) is 6.92 Å². The minimum absolute atomic E-state index is 0.0952. The van der Waals surface area contributed by atoms with Crippen molar-refractivity contribution in [3.63, 3.8) is 0 Å². The normalized spacial score (nSPS) is 11.4. The molecule has 0 saturated heterocycles. The third kappa shape index (κ3) is 3.39. The van der Waals surface area contributed by atoms with Gasteiger partial charge in [0.05, 0.1) is 5.69 Å². The Morgan fingerprint density at radius 1 is 1.43 bits per heavy atom. The van der Waals surface area contributed by atoms with Crippen molar-refractivity contribution >= 4 is 31.6 Å². The predicted octanol–water partition coefficient (Wildman–Crippen LogP) is 2.55. The molecule has 1 aromatic heterocycles. The van der Waals surface area contributed by atoms with Crippen LogP contribution in [0.15, 0.2) is 40.0 Å². The monoisotopic (exact) mass is 373 g/mol. The van der Waals surface area contributed by atoms with Crippen LogP contribution in [0.25, 0.3) is 0 Å². The van der Waals surface area contributed by atoms with Gasteiger partial charge in [0.1, 0.15) is 10.7 Å². The molecule has 5 nitrogen and oxygen atoms in total. The maximum Gasteiger partial charge on any atom is 0.264 e. The minimum Gasteiger partial charge on any atom is -0.326 e. The summed E-state index contributed by atoms with van der Waals surface area (Å²) < 4.78 is 41.7. The van der Waals surface area contributed by atoms with Gasteiger partial charge in [0, 0.05) is 29.0 Å². The number of benzene rings is 1. The number of nitrogens with zero attached hydrogens (tertiary/aromatic N) is 1. The number of halogens is 2. The van der Waals surface area contributed by atoms with Gasteiger partial charge in [-0.25, -0.2) is 12.8 Å². The Morgan fingerprint density at radius 2 is 2.14 bits per heavy atom. The predicted molar refractivity (Wildman–Crippen MR) is 81.8 cm³/mol. The third-order valence-electron chi connectivity index (χ3n) is 2.85. The van der Waals surface area contributed by atoms with Crippen LogP contribution < -0.4 is 10.5 Å². The SMILES string of the molecule is Cc1cnccc1NS(=O)(=O)c1cc(Br)cc(CN)c1F. The minimum atomic E-state index is -4.06. The van der Waals surface area contributed by atoms with E-state index >= 15 is 0 Å². The largest absolute Gasteiger partial charge is 0.326 e. The Labute approximate surface area is 130 Å². The van der Waals surface area contributed by atoms with Crippen LogP contribution in [0.4, 0.5) is 10.1 Å². The molecule has 0 radical (unpaired) electrons. The molecular weight excluding hydrogens is 361 g/mol. The fourth-order valence-corrected chi connectivity index (χ4v) is 3.68. The molecule has 1 aromatic carbocycles. The standard InChI is InChI=1S/C13H13BrFN3O2S/c1-8-7-17-3-2-11(8)18-21(19,20)12-5-10(14)4-9(6-16)13(12)15/h2-5,7H,6,16H2,1H3,(H,17,18). The van der Waals surface area contributed by atoms with E-state index < -0.39 is 20.7 Å². The van der Waals surface area contributed by atoms with Gasteiger partial charge in [-0.3, -0.25) is 9.71 Å². The van der Waals surface area contributed by atoms with Gasteiger partial charge < -0.3 is 5.73 Å². The Kier molecular flexibility index (Phi) is 4.60. The third-order valence-corrected chi connectivity index (χ3v) is 4.68. The van der Waals surface area contributed by atoms with Crippen LogP contribution in [0.2, 0.25) is 0 Å². The van der Waals surface area contributed by atoms with Gasteiger partial charge in [0.25, 0.3) is 10.0 Å². The Morgan fingerprint density at radius 3 is 2.76 bits per heavy atom. The molecule has 0 fully saturated rings. The lowest BCUT2D eigenvalue weighted by Crippen LogP contribution is -2.17. The van der Waals surface area contributed by atoms with Gasteiger partial charge in [0.15, 0.2) is 0 Å². The van der Waals surface area contributed by atoms with Crippen LogP contribution in [0.5, 0.6) is 0 Å². The number of nitrogens with one attached hydrogen (secondary N) is 1. The molecule has 0 unspecified atom stereocenters. The first-order valence-electron chi connectivity index (χ1n) is 5.96. The van der Waals surface area contributed by atoms with Crippen molar-refractivity contribution in [3.05, 3.63) is 52.0 Å². The molecule has 112 valence electrons. The van der Waals surface area contributed by atoms with Gasteiger partial charge in [0.2, 0.25) is 0 Å². The lowest BCUT2D eigenvalue weighted by molar-refractivity contribution is 0.560. The first-order valence-corrected chi connectivity index (χ1v) is 8.24. The molecule has 0 aliphatic carbocycles. The van der Waals surface area contributed by atoms with Crippen LogP contribution in [0.3, 0.4) is 0 Å². The number of pyridine rings is 1. The summed E-state index contributed by atoms with van der Waals surface area (Å²) in [6.07, 6.45) is 2.97. The number of nitrogens with two attached hydrogens (primary N) is 1. The average molecular weight is 374 g/mol. The van der Waals surface area contributed by atoms with E-state index in [0.717, 1.165) is 0 Å². The molecule has 2 rings (SSSR count). The zero-order valence-corrected chi connectivity index (χ0v) is 13.5. The summed E-state index contributed by atoms with van der Waals surface area (Å²) in [5.74, 6) is -0.847. The van der Waals surface area contributed by atoms with E-state index in [0.29, 0.717) is 15.7 Å². The van der Waals surface area contributed by atoms with E-state index in [2.05, 4.69) is 25.6 Å². The molecule has 0 amide bonds. The highest BCUT2D eigenvalue weighted by atomic mass is 79.9. The fraction of sp³-hybridized carbons (Fsp3) is 0.154. The Bertz CT molecular complexity index is 781. The lowest BCUT2D eigenvalue weighted by atomic mass is 10.2. The molecule has 0 atom stereocenters. The first-order chi connectivity index (χ1) is 9.85. The van der Waals surface area contributed by atoms with Gasteiger partial charge in [-0.2, -0.15) is 0 Å². The first kappa shape index (κ1) is 15.9. The number of anilines is 1. The van der Waals surface area contributed by atoms with Crippen molar-refractivity contribution in [1.29, 1.82) is 0 Å². The van der Waals surface area contributed by atoms with Crippen molar-refractivity contribution in [1.82, 2.24) is 4.98 Å². The van der Waals surface area contributed by atoms with Gasteiger partial charge in [-0.1, -0.05) is 15.9 Å². The number of hydrogen-bond donors (Lipinski definition) is 2. The van der Waals surface area contributed by atoms with Crippen LogP contribution >= 0.6 is 15.9 Å². The van der Waals surface area contributed by atoms with E-state index in [-0.39, 0.29) is 12.1 Å². The van der Waals surface area contributed by atoms with Crippen molar-refractivity contribution in [2.75, 3.05) is 4.72 Å². The highest BCUT2D eigenvalue weighted by Crippen LogP contribution is 2.26. The zero-order chi connectivity index (χ0) is 15.6. The van der Waals surface area contributed by atoms with Crippen LogP contribution in [0, 0.1) is 12.7 Å².